The molecule has 0 aromatic heterocycles. The van der Waals surface area contributed by atoms with Gasteiger partial charge in [0.15, 0.2) is 0 Å². The molecule has 0 spiro atoms. The number of rotatable bonds is 1. The molecule has 0 aliphatic heterocycles. The lowest BCUT2D eigenvalue weighted by Gasteiger charge is -2.53. The number of allylic oxidation sites excluding steroid dienone is 6. The van der Waals surface area contributed by atoms with Gasteiger partial charge >= 0.3 is 7.60 Å². The monoisotopic (exact) mass is 334 g/mol. The molecule has 5 atom stereocenters. The van der Waals surface area contributed by atoms with Gasteiger partial charge in [0.25, 0.3) is 0 Å². The van der Waals surface area contributed by atoms with Crippen molar-refractivity contribution in [3.05, 3.63) is 35.2 Å². The minimum Gasteiger partial charge on any atom is -0.321 e. The zero-order valence-corrected chi connectivity index (χ0v) is 14.9. The number of fused-ring (bicyclic) bond motifs is 5. The van der Waals surface area contributed by atoms with Crippen LogP contribution < -0.4 is 0 Å². The van der Waals surface area contributed by atoms with Gasteiger partial charge in [-0.15, -0.1) is 0 Å². The first-order chi connectivity index (χ1) is 10.7. The van der Waals surface area contributed by atoms with E-state index >= 15 is 0 Å². The lowest BCUT2D eigenvalue weighted by Crippen LogP contribution is -2.45. The molecule has 0 amide bonds. The Bertz CT molecular complexity index is 670. The molecule has 3 nitrogen and oxygen atoms in total. The van der Waals surface area contributed by atoms with E-state index in [1.807, 2.05) is 6.08 Å². The van der Waals surface area contributed by atoms with Crippen LogP contribution in [-0.2, 0) is 4.57 Å². The van der Waals surface area contributed by atoms with Crippen LogP contribution >= 0.6 is 7.60 Å². The average molecular weight is 334 g/mol. The van der Waals surface area contributed by atoms with Crippen LogP contribution in [0, 0.1) is 28.6 Å². The second kappa shape index (κ2) is 4.94. The van der Waals surface area contributed by atoms with Crippen molar-refractivity contribution < 1.29 is 14.4 Å². The van der Waals surface area contributed by atoms with Gasteiger partial charge in [0.1, 0.15) is 0 Å². The largest absolute Gasteiger partial charge is 0.352 e. The van der Waals surface area contributed by atoms with Crippen LogP contribution in [0.5, 0.6) is 0 Å². The van der Waals surface area contributed by atoms with E-state index in [1.165, 1.54) is 19.3 Å². The van der Waals surface area contributed by atoms with Crippen molar-refractivity contribution in [2.24, 2.45) is 28.6 Å². The van der Waals surface area contributed by atoms with Crippen LogP contribution in [0.1, 0.15) is 52.4 Å². The minimum absolute atomic E-state index is 0.0437. The molecule has 4 rings (SSSR count). The molecule has 4 heteroatoms. The van der Waals surface area contributed by atoms with Gasteiger partial charge in [0.2, 0.25) is 0 Å². The van der Waals surface area contributed by atoms with Crippen LogP contribution in [0.3, 0.4) is 0 Å². The first-order valence-electron chi connectivity index (χ1n) is 8.91. The molecule has 0 heterocycles. The molecular formula is C19H27O3P. The fourth-order valence-electron chi connectivity index (χ4n) is 5.93. The molecule has 0 bridgehead atoms. The molecule has 0 unspecified atom stereocenters. The van der Waals surface area contributed by atoms with Crippen molar-refractivity contribution >= 4 is 7.60 Å². The van der Waals surface area contributed by atoms with Crippen LogP contribution in [0.4, 0.5) is 0 Å². The molecule has 0 aromatic rings. The second-order valence-corrected chi connectivity index (χ2v) is 10.2. The highest BCUT2D eigenvalue weighted by molar-refractivity contribution is 7.56. The Morgan fingerprint density at radius 2 is 2.04 bits per heavy atom. The Hall–Kier alpha value is -0.630. The summed E-state index contributed by atoms with van der Waals surface area (Å²) in [7, 11) is -4.10. The maximum Gasteiger partial charge on any atom is 0.352 e. The molecule has 1 fully saturated rings. The van der Waals surface area contributed by atoms with E-state index in [2.05, 4.69) is 32.1 Å². The van der Waals surface area contributed by atoms with Crippen molar-refractivity contribution in [2.45, 2.75) is 52.4 Å². The van der Waals surface area contributed by atoms with Gasteiger partial charge in [0, 0.05) is 5.31 Å². The van der Waals surface area contributed by atoms with E-state index in [0.29, 0.717) is 29.0 Å². The zero-order valence-electron chi connectivity index (χ0n) is 14.0. The van der Waals surface area contributed by atoms with Crippen LogP contribution in [0.15, 0.2) is 35.2 Å². The molecule has 23 heavy (non-hydrogen) atoms. The van der Waals surface area contributed by atoms with E-state index in [4.69, 9.17) is 0 Å². The van der Waals surface area contributed by atoms with Gasteiger partial charge in [-0.1, -0.05) is 38.5 Å². The summed E-state index contributed by atoms with van der Waals surface area (Å²) in [5.41, 5.74) is 1.58. The fraction of sp³-hybridized carbons (Fsp3) is 0.684. The Balaban J connectivity index is 1.74. The topological polar surface area (TPSA) is 57.5 Å². The highest BCUT2D eigenvalue weighted by Crippen LogP contribution is 2.63. The van der Waals surface area contributed by atoms with Crippen LogP contribution in [-0.4, -0.2) is 9.79 Å². The molecule has 1 saturated carbocycles. The van der Waals surface area contributed by atoms with Crippen LogP contribution in [0.2, 0.25) is 0 Å². The predicted octanol–water partition coefficient (Wildman–Crippen LogP) is 4.79. The summed E-state index contributed by atoms with van der Waals surface area (Å²) in [4.78, 5) is 19.0. The maximum atomic E-state index is 11.6. The third kappa shape index (κ3) is 2.27. The van der Waals surface area contributed by atoms with Gasteiger partial charge < -0.3 is 9.79 Å². The minimum atomic E-state index is -4.10. The standard InChI is InChI=1S/C19H27O3P/c1-18-9-3-4-16(18)15-6-5-13-12-14(23(20,21)22)7-11-19(13,2)17(15)8-10-18/h5,8,10,12,15-17H,3-4,6-7,9,11H2,1-2H3,(H2,20,21,22)/t15-,16-,17-,18-,19-/m0/s1. The molecule has 0 saturated heterocycles. The predicted molar refractivity (Wildman–Crippen MR) is 91.7 cm³/mol. The van der Waals surface area contributed by atoms with Gasteiger partial charge in [-0.3, -0.25) is 4.57 Å². The zero-order chi connectivity index (χ0) is 16.5. The molecule has 0 radical (unpaired) electrons. The Kier molecular flexibility index (Phi) is 3.41. The lowest BCUT2D eigenvalue weighted by molar-refractivity contribution is 0.0723. The van der Waals surface area contributed by atoms with Crippen molar-refractivity contribution in [1.29, 1.82) is 0 Å². The quantitative estimate of drug-likeness (QED) is 0.535. The molecule has 126 valence electrons. The van der Waals surface area contributed by atoms with E-state index in [-0.39, 0.29) is 5.41 Å². The third-order valence-electron chi connectivity index (χ3n) is 7.34. The molecule has 0 aromatic carbocycles. The van der Waals surface area contributed by atoms with Crippen LogP contribution in [0.25, 0.3) is 0 Å². The summed E-state index contributed by atoms with van der Waals surface area (Å²) in [6, 6.07) is 0. The van der Waals surface area contributed by atoms with Crippen molar-refractivity contribution in [2.75, 3.05) is 0 Å². The molecule has 4 aliphatic carbocycles. The van der Waals surface area contributed by atoms with Gasteiger partial charge in [-0.2, -0.15) is 0 Å². The van der Waals surface area contributed by atoms with E-state index < -0.39 is 7.60 Å². The Morgan fingerprint density at radius 3 is 2.78 bits per heavy atom. The van der Waals surface area contributed by atoms with E-state index in [0.717, 1.165) is 24.3 Å². The van der Waals surface area contributed by atoms with E-state index in [1.54, 1.807) is 0 Å². The molecule has 4 aliphatic rings. The summed E-state index contributed by atoms with van der Waals surface area (Å²) in [5.74, 6) is 2.00. The van der Waals surface area contributed by atoms with Crippen molar-refractivity contribution in [1.82, 2.24) is 0 Å². The first-order valence-corrected chi connectivity index (χ1v) is 10.5. The number of hydrogen-bond acceptors (Lipinski definition) is 1. The highest BCUT2D eigenvalue weighted by Gasteiger charge is 2.53. The lowest BCUT2D eigenvalue weighted by atomic mass is 9.51. The summed E-state index contributed by atoms with van der Waals surface area (Å²) in [6.07, 6.45) is 15.5. The average Bonchev–Trinajstić information content (AvgIpc) is 2.87. The molecule has 2 N–H and O–H groups in total. The SMILES string of the molecule is C[C@]12CCC(P(=O)(O)O)=CC1=CC[C@@H]1[C@@H]2C=C[C@]2(C)CCC[C@@H]12. The normalized spacial score (nSPS) is 45.7. The summed E-state index contributed by atoms with van der Waals surface area (Å²) in [5, 5.41) is 0.324. The van der Waals surface area contributed by atoms with Crippen molar-refractivity contribution in [3.8, 4) is 0 Å². The van der Waals surface area contributed by atoms with E-state index in [9.17, 15) is 14.4 Å². The number of hydrogen-bond donors (Lipinski definition) is 2. The summed E-state index contributed by atoms with van der Waals surface area (Å²) < 4.78 is 11.6. The highest BCUT2D eigenvalue weighted by atomic mass is 31.2. The Morgan fingerprint density at radius 1 is 1.26 bits per heavy atom. The fourth-order valence-corrected chi connectivity index (χ4v) is 6.64. The van der Waals surface area contributed by atoms with Crippen molar-refractivity contribution in [3.63, 3.8) is 0 Å². The van der Waals surface area contributed by atoms with Gasteiger partial charge in [-0.25, -0.2) is 0 Å². The first kappa shape index (κ1) is 15.9. The summed E-state index contributed by atoms with van der Waals surface area (Å²) >= 11 is 0. The second-order valence-electron chi connectivity index (χ2n) is 8.55. The molecular weight excluding hydrogens is 307 g/mol. The van der Waals surface area contributed by atoms with Gasteiger partial charge in [-0.05, 0) is 72.3 Å². The smallest absolute Gasteiger partial charge is 0.321 e. The third-order valence-corrected chi connectivity index (χ3v) is 8.44. The Labute approximate surface area is 138 Å². The summed E-state index contributed by atoms with van der Waals surface area (Å²) in [6.45, 7) is 4.73. The van der Waals surface area contributed by atoms with Gasteiger partial charge in [0.05, 0.1) is 0 Å². The maximum absolute atomic E-state index is 11.6.